The first-order valence-electron chi connectivity index (χ1n) is 10.5. The summed E-state index contributed by atoms with van der Waals surface area (Å²) in [6, 6.07) is 13.5. The predicted octanol–water partition coefficient (Wildman–Crippen LogP) is 5.65. The molecule has 2 aliphatic rings. The Kier molecular flexibility index (Phi) is 4.75. The third-order valence-corrected chi connectivity index (χ3v) is 7.15. The summed E-state index contributed by atoms with van der Waals surface area (Å²) >= 11 is 5.93. The number of halogens is 1. The molecule has 0 bridgehead atoms. The van der Waals surface area contributed by atoms with Gasteiger partial charge in [0.05, 0.1) is 23.9 Å². The molecule has 5 rings (SSSR count). The number of hydrogen-bond donors (Lipinski definition) is 1. The van der Waals surface area contributed by atoms with Crippen LogP contribution in [0, 0.1) is 24.3 Å². The van der Waals surface area contributed by atoms with Gasteiger partial charge in [0, 0.05) is 22.7 Å². The van der Waals surface area contributed by atoms with Gasteiger partial charge in [-0.2, -0.15) is 0 Å². The van der Waals surface area contributed by atoms with E-state index in [0.29, 0.717) is 40.1 Å². The van der Waals surface area contributed by atoms with Gasteiger partial charge in [-0.3, -0.25) is 4.79 Å². The molecule has 1 aromatic heterocycles. The molecule has 2 aromatic carbocycles. The average Bonchev–Trinajstić information content (AvgIpc) is 3.09. The van der Waals surface area contributed by atoms with Gasteiger partial charge in [-0.1, -0.05) is 24.6 Å². The van der Waals surface area contributed by atoms with E-state index in [-0.39, 0.29) is 11.9 Å². The van der Waals surface area contributed by atoms with E-state index in [1.54, 1.807) is 24.3 Å². The van der Waals surface area contributed by atoms with E-state index in [9.17, 15) is 4.79 Å². The number of benzene rings is 2. The quantitative estimate of drug-likeness (QED) is 0.544. The summed E-state index contributed by atoms with van der Waals surface area (Å²) < 4.78 is 2.28. The molecule has 6 heteroatoms. The summed E-state index contributed by atoms with van der Waals surface area (Å²) in [5, 5.41) is 3.89. The first kappa shape index (κ1) is 19.1. The number of amides is 1. The molecule has 1 N–H and O–H groups in total. The van der Waals surface area contributed by atoms with E-state index in [4.69, 9.17) is 18.2 Å². The molecule has 2 saturated carbocycles. The van der Waals surface area contributed by atoms with Crippen molar-refractivity contribution in [2.45, 2.75) is 38.3 Å². The van der Waals surface area contributed by atoms with Gasteiger partial charge in [0.1, 0.15) is 0 Å². The molecular weight excluding hydrogens is 396 g/mol. The number of rotatable bonds is 5. The van der Waals surface area contributed by atoms with Crippen LogP contribution in [0.2, 0.25) is 5.02 Å². The maximum absolute atomic E-state index is 12.6. The lowest BCUT2D eigenvalue weighted by Crippen LogP contribution is -2.37. The number of carbonyl (C=O) groups excluding carboxylic acids is 1. The summed E-state index contributed by atoms with van der Waals surface area (Å²) in [7, 11) is 0. The normalized spacial score (nSPS) is 25.5. The number of imidazole rings is 1. The molecule has 0 aliphatic heterocycles. The third kappa shape index (κ3) is 3.26. The number of nitrogens with one attached hydrogen (secondary N) is 1. The minimum Gasteiger partial charge on any atom is -0.349 e. The Morgan fingerprint density at radius 1 is 1.27 bits per heavy atom. The zero-order valence-corrected chi connectivity index (χ0v) is 17.5. The molecule has 3 unspecified atom stereocenters. The van der Waals surface area contributed by atoms with Crippen molar-refractivity contribution < 1.29 is 4.79 Å². The number of hydrogen-bond acceptors (Lipinski definition) is 2. The molecule has 152 valence electrons. The van der Waals surface area contributed by atoms with Crippen molar-refractivity contribution in [1.29, 1.82) is 0 Å². The van der Waals surface area contributed by atoms with Crippen LogP contribution in [0.5, 0.6) is 0 Å². The van der Waals surface area contributed by atoms with Crippen LogP contribution in [0.3, 0.4) is 0 Å². The van der Waals surface area contributed by atoms with Gasteiger partial charge in [-0.05, 0) is 73.4 Å². The Labute approximate surface area is 180 Å². The fraction of sp³-hybridized carbons (Fsp3) is 0.375. The molecule has 1 amide bonds. The number of nitrogens with zero attached hydrogens (tertiary/aromatic N) is 3. The van der Waals surface area contributed by atoms with E-state index >= 15 is 0 Å². The van der Waals surface area contributed by atoms with Gasteiger partial charge in [0.15, 0.2) is 5.69 Å². The highest BCUT2D eigenvalue weighted by molar-refractivity contribution is 6.30. The van der Waals surface area contributed by atoms with Crippen LogP contribution >= 0.6 is 11.6 Å². The largest absolute Gasteiger partial charge is 0.349 e. The van der Waals surface area contributed by atoms with Crippen LogP contribution in [0.25, 0.3) is 15.9 Å². The lowest BCUT2D eigenvalue weighted by atomic mass is 9.98. The highest BCUT2D eigenvalue weighted by Crippen LogP contribution is 2.62. The Bertz CT molecular complexity index is 1130. The SMILES string of the molecule is [C-]#[N+]c1ccc2c(c1)ncn2C1C[C@@H]2C(C(CC)NC(=O)c3ccc(Cl)cc3)[C@@H]2C1. The smallest absolute Gasteiger partial charge is 0.251 e. The van der Waals surface area contributed by atoms with Gasteiger partial charge in [-0.15, -0.1) is 0 Å². The Hall–Kier alpha value is -2.84. The summed E-state index contributed by atoms with van der Waals surface area (Å²) in [6.07, 6.45) is 5.11. The van der Waals surface area contributed by atoms with Crippen molar-refractivity contribution in [3.63, 3.8) is 0 Å². The molecule has 0 radical (unpaired) electrons. The molecule has 0 spiro atoms. The van der Waals surface area contributed by atoms with Crippen LogP contribution in [0.4, 0.5) is 5.69 Å². The summed E-state index contributed by atoms with van der Waals surface area (Å²) in [4.78, 5) is 20.6. The van der Waals surface area contributed by atoms with Crippen LogP contribution < -0.4 is 5.32 Å². The Morgan fingerprint density at radius 2 is 2.00 bits per heavy atom. The Balaban J connectivity index is 1.25. The van der Waals surface area contributed by atoms with Gasteiger partial charge < -0.3 is 9.88 Å². The molecule has 5 nitrogen and oxygen atoms in total. The lowest BCUT2D eigenvalue weighted by Gasteiger charge is -2.22. The van der Waals surface area contributed by atoms with Crippen molar-refractivity contribution in [3.8, 4) is 0 Å². The number of carbonyl (C=O) groups is 1. The first-order valence-corrected chi connectivity index (χ1v) is 10.9. The fourth-order valence-corrected chi connectivity index (χ4v) is 5.52. The highest BCUT2D eigenvalue weighted by Gasteiger charge is 2.59. The van der Waals surface area contributed by atoms with Gasteiger partial charge >= 0.3 is 0 Å². The molecular formula is C24H23ClN4O. The van der Waals surface area contributed by atoms with E-state index in [0.717, 1.165) is 30.3 Å². The number of fused-ring (bicyclic) bond motifs is 2. The zero-order valence-electron chi connectivity index (χ0n) is 16.8. The molecule has 30 heavy (non-hydrogen) atoms. The summed E-state index contributed by atoms with van der Waals surface area (Å²) in [5.74, 6) is 1.86. The van der Waals surface area contributed by atoms with Crippen molar-refractivity contribution in [3.05, 3.63) is 70.8 Å². The maximum atomic E-state index is 12.6. The van der Waals surface area contributed by atoms with Crippen molar-refractivity contribution in [2.75, 3.05) is 0 Å². The molecule has 0 saturated heterocycles. The molecule has 2 fully saturated rings. The van der Waals surface area contributed by atoms with E-state index in [1.807, 2.05) is 24.5 Å². The van der Waals surface area contributed by atoms with Crippen molar-refractivity contribution in [2.24, 2.45) is 17.8 Å². The topological polar surface area (TPSA) is 51.3 Å². The lowest BCUT2D eigenvalue weighted by molar-refractivity contribution is 0.0927. The standard InChI is InChI=1S/C24H23ClN4O/c1-3-20(28-24(30)14-4-6-15(25)7-5-14)23-18-11-17(12-19(18)23)29-13-27-21-10-16(26-2)8-9-22(21)29/h4-10,13,17-20,23H,3,11-12H2,1H3,(H,28,30)/t17?,18-,19+,20?,23?. The third-order valence-electron chi connectivity index (χ3n) is 6.89. The number of aromatic nitrogens is 2. The van der Waals surface area contributed by atoms with E-state index in [2.05, 4.69) is 26.6 Å². The van der Waals surface area contributed by atoms with Gasteiger partial charge in [0.25, 0.3) is 5.91 Å². The van der Waals surface area contributed by atoms with E-state index in [1.165, 1.54) is 0 Å². The van der Waals surface area contributed by atoms with Crippen LogP contribution in [-0.4, -0.2) is 21.5 Å². The monoisotopic (exact) mass is 418 g/mol. The molecule has 1 heterocycles. The fourth-order valence-electron chi connectivity index (χ4n) is 5.39. The van der Waals surface area contributed by atoms with E-state index < -0.39 is 0 Å². The second-order valence-corrected chi connectivity index (χ2v) is 8.90. The minimum atomic E-state index is -0.0174. The Morgan fingerprint density at radius 3 is 2.67 bits per heavy atom. The first-order chi connectivity index (χ1) is 14.6. The van der Waals surface area contributed by atoms with Crippen LogP contribution in [0.1, 0.15) is 42.6 Å². The van der Waals surface area contributed by atoms with Gasteiger partial charge in [0.2, 0.25) is 0 Å². The molecule has 5 atom stereocenters. The highest BCUT2D eigenvalue weighted by atomic mass is 35.5. The molecule has 3 aromatic rings. The molecule has 2 aliphatic carbocycles. The van der Waals surface area contributed by atoms with Crippen molar-refractivity contribution >= 4 is 34.2 Å². The summed E-state index contributed by atoms with van der Waals surface area (Å²) in [6.45, 7) is 9.32. The van der Waals surface area contributed by atoms with Crippen LogP contribution in [-0.2, 0) is 0 Å². The second kappa shape index (κ2) is 7.45. The predicted molar refractivity (Wildman–Crippen MR) is 118 cm³/mol. The van der Waals surface area contributed by atoms with Crippen LogP contribution in [0.15, 0.2) is 48.8 Å². The van der Waals surface area contributed by atoms with Crippen molar-refractivity contribution in [1.82, 2.24) is 14.9 Å². The zero-order chi connectivity index (χ0) is 20.8. The second-order valence-electron chi connectivity index (χ2n) is 8.46. The minimum absolute atomic E-state index is 0.0174. The van der Waals surface area contributed by atoms with Gasteiger partial charge in [-0.25, -0.2) is 9.83 Å². The average molecular weight is 419 g/mol. The summed E-state index contributed by atoms with van der Waals surface area (Å²) in [5.41, 5.74) is 3.28. The maximum Gasteiger partial charge on any atom is 0.251 e.